The van der Waals surface area contributed by atoms with Gasteiger partial charge in [-0.05, 0) is 55.9 Å². The first-order chi connectivity index (χ1) is 15.2. The molecule has 1 aromatic heterocycles. The van der Waals surface area contributed by atoms with Gasteiger partial charge in [0.1, 0.15) is 6.04 Å². The van der Waals surface area contributed by atoms with Crippen molar-refractivity contribution in [2.24, 2.45) is 0 Å². The van der Waals surface area contributed by atoms with E-state index in [0.29, 0.717) is 13.3 Å². The lowest BCUT2D eigenvalue weighted by Gasteiger charge is -2.34. The van der Waals surface area contributed by atoms with E-state index in [4.69, 9.17) is 4.74 Å². The summed E-state index contributed by atoms with van der Waals surface area (Å²) in [5.74, 6) is -0.119. The molecule has 1 fully saturated rings. The number of H-pyrrole nitrogens is 2. The van der Waals surface area contributed by atoms with E-state index in [1.54, 1.807) is 0 Å². The Labute approximate surface area is 181 Å². The third-order valence-corrected chi connectivity index (χ3v) is 5.83. The molecule has 0 spiro atoms. The number of nitrogens with zero attached hydrogens (tertiary/aromatic N) is 1. The second-order valence-corrected chi connectivity index (χ2v) is 8.11. The Kier molecular flexibility index (Phi) is 7.04. The van der Waals surface area contributed by atoms with Crippen LogP contribution in [0.15, 0.2) is 53.3 Å². The Morgan fingerprint density at radius 1 is 1.06 bits per heavy atom. The van der Waals surface area contributed by atoms with Crippen LogP contribution in [-0.2, 0) is 16.0 Å². The van der Waals surface area contributed by atoms with Crippen LogP contribution >= 0.6 is 0 Å². The molecule has 1 atom stereocenters. The summed E-state index contributed by atoms with van der Waals surface area (Å²) in [6.45, 7) is 1.90. The Hall–Kier alpha value is -3.06. The molecule has 3 N–H and O–H groups in total. The van der Waals surface area contributed by atoms with Crippen molar-refractivity contribution in [3.63, 3.8) is 0 Å². The van der Waals surface area contributed by atoms with E-state index in [-0.39, 0.29) is 17.7 Å². The first-order valence-corrected chi connectivity index (χ1v) is 11.1. The summed E-state index contributed by atoms with van der Waals surface area (Å²) in [4.78, 5) is 31.8. The standard InChI is InChI=1S/C24H30N4O3/c29-23(31-15-7-5-10-18-8-2-1-3-9-18)22-11-4-6-14-28(22)17-25-19-12-13-20-21(16-19)27-24(30)26-20/h1-3,8-9,12-13,16,22,25H,4-7,10-11,14-15,17H2,(H2,26,27,30)/t22-/m0/s1. The lowest BCUT2D eigenvalue weighted by molar-refractivity contribution is -0.151. The zero-order chi connectivity index (χ0) is 21.5. The fourth-order valence-electron chi connectivity index (χ4n) is 4.13. The maximum absolute atomic E-state index is 12.7. The normalized spacial score (nSPS) is 17.0. The van der Waals surface area contributed by atoms with Crippen LogP contribution in [-0.4, -0.2) is 46.7 Å². The van der Waals surface area contributed by atoms with Gasteiger partial charge in [0.05, 0.1) is 24.3 Å². The number of hydrogen-bond acceptors (Lipinski definition) is 5. The van der Waals surface area contributed by atoms with E-state index in [2.05, 4.69) is 44.5 Å². The molecule has 31 heavy (non-hydrogen) atoms. The van der Waals surface area contributed by atoms with Crippen molar-refractivity contribution < 1.29 is 9.53 Å². The average molecular weight is 423 g/mol. The van der Waals surface area contributed by atoms with Gasteiger partial charge < -0.3 is 20.0 Å². The SMILES string of the molecule is O=C(OCCCCc1ccccc1)[C@@H]1CCCCN1CNc1ccc2[nH]c(=O)[nH]c2c1. The number of aryl methyl sites for hydroxylation is 1. The third kappa shape index (κ3) is 5.76. The molecule has 1 saturated heterocycles. The van der Waals surface area contributed by atoms with E-state index >= 15 is 0 Å². The molecule has 0 radical (unpaired) electrons. The van der Waals surface area contributed by atoms with Gasteiger partial charge in [0.2, 0.25) is 0 Å². The number of carbonyl (C=O) groups is 1. The molecule has 2 aromatic carbocycles. The van der Waals surface area contributed by atoms with Gasteiger partial charge in [-0.25, -0.2) is 4.79 Å². The molecule has 7 nitrogen and oxygen atoms in total. The van der Waals surface area contributed by atoms with Crippen LogP contribution in [0, 0.1) is 0 Å². The van der Waals surface area contributed by atoms with Gasteiger partial charge in [-0.1, -0.05) is 36.8 Å². The fourth-order valence-corrected chi connectivity index (χ4v) is 4.13. The van der Waals surface area contributed by atoms with E-state index in [9.17, 15) is 9.59 Å². The largest absolute Gasteiger partial charge is 0.465 e. The van der Waals surface area contributed by atoms with Gasteiger partial charge in [-0.3, -0.25) is 9.69 Å². The van der Waals surface area contributed by atoms with E-state index < -0.39 is 0 Å². The molecule has 0 unspecified atom stereocenters. The minimum atomic E-state index is -0.213. The number of ether oxygens (including phenoxy) is 1. The maximum atomic E-state index is 12.7. The summed E-state index contributed by atoms with van der Waals surface area (Å²) in [6, 6.07) is 15.9. The van der Waals surface area contributed by atoms with Crippen LogP contribution in [0.25, 0.3) is 11.0 Å². The van der Waals surface area contributed by atoms with Crippen LogP contribution in [0.1, 0.15) is 37.7 Å². The Morgan fingerprint density at radius 2 is 1.90 bits per heavy atom. The lowest BCUT2D eigenvalue weighted by atomic mass is 10.0. The number of anilines is 1. The summed E-state index contributed by atoms with van der Waals surface area (Å²) >= 11 is 0. The molecular formula is C24H30N4O3. The number of unbranched alkanes of at least 4 members (excludes halogenated alkanes) is 1. The summed E-state index contributed by atoms with van der Waals surface area (Å²) in [6.07, 6.45) is 5.84. The Bertz CT molecular complexity index is 1040. The highest BCUT2D eigenvalue weighted by Gasteiger charge is 2.29. The number of benzene rings is 2. The van der Waals surface area contributed by atoms with Gasteiger partial charge in [0.15, 0.2) is 0 Å². The number of imidazole rings is 1. The van der Waals surface area contributed by atoms with Gasteiger partial charge >= 0.3 is 11.7 Å². The van der Waals surface area contributed by atoms with Gasteiger partial charge in [-0.2, -0.15) is 0 Å². The van der Waals surface area contributed by atoms with Crippen molar-refractivity contribution in [2.75, 3.05) is 25.1 Å². The topological polar surface area (TPSA) is 90.2 Å². The van der Waals surface area contributed by atoms with Crippen LogP contribution < -0.4 is 11.0 Å². The van der Waals surface area contributed by atoms with Crippen molar-refractivity contribution in [3.05, 3.63) is 64.6 Å². The Morgan fingerprint density at radius 3 is 2.77 bits per heavy atom. The minimum Gasteiger partial charge on any atom is -0.465 e. The summed E-state index contributed by atoms with van der Waals surface area (Å²) in [5.41, 5.74) is 3.55. The predicted octanol–water partition coefficient (Wildman–Crippen LogP) is 3.65. The number of aromatic amines is 2. The van der Waals surface area contributed by atoms with Crippen LogP contribution in [0.4, 0.5) is 5.69 Å². The maximum Gasteiger partial charge on any atom is 0.323 e. The van der Waals surface area contributed by atoms with Crippen LogP contribution in [0.3, 0.4) is 0 Å². The number of esters is 1. The zero-order valence-corrected chi connectivity index (χ0v) is 17.7. The second kappa shape index (κ2) is 10.3. The highest BCUT2D eigenvalue weighted by atomic mass is 16.5. The van der Waals surface area contributed by atoms with E-state index in [1.807, 2.05) is 24.3 Å². The number of carbonyl (C=O) groups excluding carboxylic acids is 1. The number of aromatic nitrogens is 2. The number of piperidine rings is 1. The monoisotopic (exact) mass is 422 g/mol. The van der Waals surface area contributed by atoms with E-state index in [0.717, 1.165) is 61.8 Å². The fraction of sp³-hybridized carbons (Fsp3) is 0.417. The number of fused-ring (bicyclic) bond motifs is 1. The van der Waals surface area contributed by atoms with Crippen LogP contribution in [0.5, 0.6) is 0 Å². The molecule has 164 valence electrons. The van der Waals surface area contributed by atoms with Gasteiger partial charge in [0.25, 0.3) is 0 Å². The molecule has 7 heteroatoms. The zero-order valence-electron chi connectivity index (χ0n) is 17.7. The second-order valence-electron chi connectivity index (χ2n) is 8.11. The smallest absolute Gasteiger partial charge is 0.323 e. The van der Waals surface area contributed by atoms with Crippen molar-refractivity contribution in [2.45, 2.75) is 44.6 Å². The van der Waals surface area contributed by atoms with Crippen molar-refractivity contribution in [1.29, 1.82) is 0 Å². The summed E-state index contributed by atoms with van der Waals surface area (Å²) < 4.78 is 5.61. The molecule has 0 aliphatic carbocycles. The summed E-state index contributed by atoms with van der Waals surface area (Å²) in [5, 5.41) is 3.38. The molecule has 0 amide bonds. The van der Waals surface area contributed by atoms with Gasteiger partial charge in [-0.15, -0.1) is 0 Å². The molecular weight excluding hydrogens is 392 g/mol. The van der Waals surface area contributed by atoms with E-state index in [1.165, 1.54) is 5.56 Å². The highest BCUT2D eigenvalue weighted by Crippen LogP contribution is 2.20. The summed E-state index contributed by atoms with van der Waals surface area (Å²) in [7, 11) is 0. The highest BCUT2D eigenvalue weighted by molar-refractivity contribution is 5.79. The molecule has 0 saturated carbocycles. The number of nitrogens with one attached hydrogen (secondary N) is 3. The lowest BCUT2D eigenvalue weighted by Crippen LogP contribution is -2.47. The van der Waals surface area contributed by atoms with Crippen LogP contribution in [0.2, 0.25) is 0 Å². The first-order valence-electron chi connectivity index (χ1n) is 11.1. The van der Waals surface area contributed by atoms with Gasteiger partial charge in [0, 0.05) is 12.2 Å². The third-order valence-electron chi connectivity index (χ3n) is 5.83. The first kappa shape index (κ1) is 21.2. The molecule has 1 aliphatic rings. The molecule has 2 heterocycles. The quantitative estimate of drug-likeness (QED) is 0.362. The number of rotatable bonds is 9. The van der Waals surface area contributed by atoms with Crippen molar-refractivity contribution in [3.8, 4) is 0 Å². The predicted molar refractivity (Wildman–Crippen MR) is 122 cm³/mol. The average Bonchev–Trinajstić information content (AvgIpc) is 3.17. The van der Waals surface area contributed by atoms with Crippen molar-refractivity contribution in [1.82, 2.24) is 14.9 Å². The Balaban J connectivity index is 1.24. The molecule has 0 bridgehead atoms. The van der Waals surface area contributed by atoms with Crippen molar-refractivity contribution >= 4 is 22.7 Å². The molecule has 1 aliphatic heterocycles. The molecule has 3 aromatic rings. The number of hydrogen-bond donors (Lipinski definition) is 3. The minimum absolute atomic E-state index is 0.119. The number of likely N-dealkylation sites (tertiary alicyclic amines) is 1. The molecule has 4 rings (SSSR count).